The molecule has 5 nitrogen and oxygen atoms in total. The molecule has 1 N–H and O–H groups in total. The van der Waals surface area contributed by atoms with Crippen molar-refractivity contribution in [1.82, 2.24) is 4.90 Å². The molecule has 2 aromatic rings. The summed E-state index contributed by atoms with van der Waals surface area (Å²) in [5.41, 5.74) is 3.37. The van der Waals surface area contributed by atoms with E-state index >= 15 is 0 Å². The Morgan fingerprint density at radius 3 is 2.52 bits per heavy atom. The summed E-state index contributed by atoms with van der Waals surface area (Å²) >= 11 is 0. The number of halogens is 1. The van der Waals surface area contributed by atoms with Gasteiger partial charge in [-0.3, -0.25) is 9.59 Å². The van der Waals surface area contributed by atoms with Crippen molar-refractivity contribution in [1.29, 1.82) is 0 Å². The van der Waals surface area contributed by atoms with E-state index in [1.807, 2.05) is 44.2 Å². The fourth-order valence-electron chi connectivity index (χ4n) is 4.52. The number of anilines is 2. The predicted molar refractivity (Wildman–Crippen MR) is 120 cm³/mol. The molecule has 2 amide bonds. The first-order valence-corrected chi connectivity index (χ1v) is 11.1. The Bertz CT molecular complexity index is 969. The maximum atomic E-state index is 14.3. The van der Waals surface area contributed by atoms with Crippen molar-refractivity contribution < 1.29 is 14.0 Å². The molecule has 31 heavy (non-hydrogen) atoms. The van der Waals surface area contributed by atoms with Gasteiger partial charge in [0.1, 0.15) is 11.9 Å². The zero-order chi connectivity index (χ0) is 22.0. The number of carbonyl (C=O) groups is 2. The van der Waals surface area contributed by atoms with Crippen LogP contribution in [0, 0.1) is 11.7 Å². The molecule has 2 aliphatic rings. The van der Waals surface area contributed by atoms with E-state index in [2.05, 4.69) is 10.2 Å². The first-order chi connectivity index (χ1) is 14.9. The number of carbonyl (C=O) groups excluding carboxylic acids is 2. The Morgan fingerprint density at radius 2 is 1.81 bits per heavy atom. The average molecular weight is 424 g/mol. The van der Waals surface area contributed by atoms with Crippen LogP contribution in [0.2, 0.25) is 0 Å². The summed E-state index contributed by atoms with van der Waals surface area (Å²) < 4.78 is 14.3. The third-order valence-electron chi connectivity index (χ3n) is 6.08. The highest BCUT2D eigenvalue weighted by atomic mass is 19.1. The minimum absolute atomic E-state index is 0.0262. The molecular weight excluding hydrogens is 393 g/mol. The van der Waals surface area contributed by atoms with Gasteiger partial charge >= 0.3 is 0 Å². The molecule has 1 atom stereocenters. The van der Waals surface area contributed by atoms with Gasteiger partial charge in [0.15, 0.2) is 0 Å². The number of nitrogens with zero attached hydrogens (tertiary/aromatic N) is 2. The Kier molecular flexibility index (Phi) is 6.25. The van der Waals surface area contributed by atoms with Gasteiger partial charge in [-0.15, -0.1) is 0 Å². The van der Waals surface area contributed by atoms with Gasteiger partial charge in [0.25, 0.3) is 0 Å². The van der Waals surface area contributed by atoms with Gasteiger partial charge in [-0.2, -0.15) is 0 Å². The molecule has 0 radical (unpaired) electrons. The van der Waals surface area contributed by atoms with E-state index in [1.54, 1.807) is 4.90 Å². The van der Waals surface area contributed by atoms with Crippen molar-refractivity contribution >= 4 is 23.2 Å². The minimum atomic E-state index is -0.611. The third-order valence-corrected chi connectivity index (χ3v) is 6.08. The highest BCUT2D eigenvalue weighted by molar-refractivity contribution is 5.98. The molecule has 0 spiro atoms. The van der Waals surface area contributed by atoms with Gasteiger partial charge in [0.2, 0.25) is 11.8 Å². The van der Waals surface area contributed by atoms with Crippen molar-refractivity contribution in [2.75, 3.05) is 23.3 Å². The van der Waals surface area contributed by atoms with E-state index in [-0.39, 0.29) is 23.5 Å². The van der Waals surface area contributed by atoms with E-state index in [9.17, 15) is 14.0 Å². The second-order valence-electron chi connectivity index (χ2n) is 8.99. The van der Waals surface area contributed by atoms with Crippen molar-refractivity contribution in [3.05, 3.63) is 59.4 Å². The average Bonchev–Trinajstić information content (AvgIpc) is 3.27. The number of benzene rings is 2. The molecule has 4 rings (SSSR count). The van der Waals surface area contributed by atoms with E-state index in [0.717, 1.165) is 42.7 Å². The van der Waals surface area contributed by atoms with E-state index in [0.29, 0.717) is 25.1 Å². The summed E-state index contributed by atoms with van der Waals surface area (Å²) in [6.45, 7) is 6.21. The quantitative estimate of drug-likeness (QED) is 0.777. The Morgan fingerprint density at radius 1 is 1.10 bits per heavy atom. The second-order valence-corrected chi connectivity index (χ2v) is 8.99. The maximum Gasteiger partial charge on any atom is 0.247 e. The number of fused-ring (bicyclic) bond motifs is 1. The topological polar surface area (TPSA) is 52.7 Å². The van der Waals surface area contributed by atoms with Crippen LogP contribution in [0.5, 0.6) is 0 Å². The molecule has 2 heterocycles. The number of hydrogen-bond acceptors (Lipinski definition) is 3. The van der Waals surface area contributed by atoms with Crippen LogP contribution in [-0.4, -0.2) is 35.8 Å². The van der Waals surface area contributed by atoms with Crippen molar-refractivity contribution in [3.63, 3.8) is 0 Å². The summed E-state index contributed by atoms with van der Waals surface area (Å²) in [7, 11) is 0. The monoisotopic (exact) mass is 423 g/mol. The first kappa shape index (κ1) is 21.3. The molecule has 0 saturated carbocycles. The van der Waals surface area contributed by atoms with Gasteiger partial charge in [-0.25, -0.2) is 4.39 Å². The number of amides is 2. The van der Waals surface area contributed by atoms with Crippen LogP contribution < -0.4 is 10.2 Å². The molecule has 2 aromatic carbocycles. The van der Waals surface area contributed by atoms with Crippen molar-refractivity contribution in [2.45, 2.75) is 52.1 Å². The highest BCUT2D eigenvalue weighted by Crippen LogP contribution is 2.28. The Labute approximate surface area is 183 Å². The number of rotatable bonds is 5. The SMILES string of the molecule is CC(C)CC(=O)N1Cc2ccccc2CC1C(=O)Nc1cc(F)cc(N2CCCC2)c1. The zero-order valence-electron chi connectivity index (χ0n) is 18.2. The summed E-state index contributed by atoms with van der Waals surface area (Å²) in [6.07, 6.45) is 3.03. The molecule has 0 bridgehead atoms. The van der Waals surface area contributed by atoms with Gasteiger partial charge in [-0.05, 0) is 48.1 Å². The molecule has 6 heteroatoms. The fourth-order valence-corrected chi connectivity index (χ4v) is 4.52. The van der Waals surface area contributed by atoms with Crippen LogP contribution in [0.15, 0.2) is 42.5 Å². The lowest BCUT2D eigenvalue weighted by atomic mass is 9.92. The van der Waals surface area contributed by atoms with Crippen LogP contribution >= 0.6 is 0 Å². The minimum Gasteiger partial charge on any atom is -0.371 e. The first-order valence-electron chi connectivity index (χ1n) is 11.1. The lowest BCUT2D eigenvalue weighted by Crippen LogP contribution is -2.50. The number of nitrogens with one attached hydrogen (secondary N) is 1. The van der Waals surface area contributed by atoms with Gasteiger partial charge in [-0.1, -0.05) is 38.1 Å². The largest absolute Gasteiger partial charge is 0.371 e. The molecule has 0 aliphatic carbocycles. The summed E-state index contributed by atoms with van der Waals surface area (Å²) in [6, 6.07) is 12.0. The second kappa shape index (κ2) is 9.08. The van der Waals surface area contributed by atoms with Gasteiger partial charge in [0, 0.05) is 43.9 Å². The highest BCUT2D eigenvalue weighted by Gasteiger charge is 2.34. The molecule has 1 fully saturated rings. The van der Waals surface area contributed by atoms with Crippen LogP contribution in [0.3, 0.4) is 0 Å². The smallest absolute Gasteiger partial charge is 0.247 e. The lowest BCUT2D eigenvalue weighted by molar-refractivity contribution is -0.140. The van der Waals surface area contributed by atoms with Gasteiger partial charge < -0.3 is 15.1 Å². The standard InChI is InChI=1S/C25H30FN3O2/c1-17(2)11-24(30)29-16-19-8-4-3-7-18(19)12-23(29)25(31)27-21-13-20(26)14-22(15-21)28-9-5-6-10-28/h3-4,7-8,13-15,17,23H,5-6,9-12,16H2,1-2H3,(H,27,31). The van der Waals surface area contributed by atoms with Crippen LogP contribution in [0.1, 0.15) is 44.2 Å². The lowest BCUT2D eigenvalue weighted by Gasteiger charge is -2.36. The Hall–Kier alpha value is -2.89. The molecular formula is C25H30FN3O2. The zero-order valence-corrected chi connectivity index (χ0v) is 18.2. The summed E-state index contributed by atoms with van der Waals surface area (Å²) in [5.74, 6) is -0.465. The summed E-state index contributed by atoms with van der Waals surface area (Å²) in [5, 5.41) is 2.89. The van der Waals surface area contributed by atoms with Gasteiger partial charge in [0.05, 0.1) is 0 Å². The molecule has 164 valence electrons. The molecule has 2 aliphatic heterocycles. The molecule has 1 saturated heterocycles. The van der Waals surface area contributed by atoms with Crippen LogP contribution in [-0.2, 0) is 22.6 Å². The van der Waals surface area contributed by atoms with E-state index < -0.39 is 6.04 Å². The normalized spacial score (nSPS) is 18.3. The predicted octanol–water partition coefficient (Wildman–Crippen LogP) is 4.36. The fraction of sp³-hybridized carbons (Fsp3) is 0.440. The summed E-state index contributed by atoms with van der Waals surface area (Å²) in [4.78, 5) is 30.0. The van der Waals surface area contributed by atoms with E-state index in [1.165, 1.54) is 12.1 Å². The van der Waals surface area contributed by atoms with E-state index in [4.69, 9.17) is 0 Å². The molecule has 1 unspecified atom stereocenters. The van der Waals surface area contributed by atoms with Crippen LogP contribution in [0.25, 0.3) is 0 Å². The third kappa shape index (κ3) is 4.89. The van der Waals surface area contributed by atoms with Crippen molar-refractivity contribution in [2.24, 2.45) is 5.92 Å². The molecule has 0 aromatic heterocycles. The number of hydrogen-bond donors (Lipinski definition) is 1. The maximum absolute atomic E-state index is 14.3. The van der Waals surface area contributed by atoms with Crippen molar-refractivity contribution in [3.8, 4) is 0 Å². The Balaban J connectivity index is 1.57. The van der Waals surface area contributed by atoms with Crippen LogP contribution in [0.4, 0.5) is 15.8 Å².